The molecule has 3 rings (SSSR count). The van der Waals surface area contributed by atoms with E-state index in [-0.39, 0.29) is 16.1 Å². The van der Waals surface area contributed by atoms with Gasteiger partial charge in [0.15, 0.2) is 5.65 Å². The minimum atomic E-state index is -0.470. The maximum absolute atomic E-state index is 12.2. The summed E-state index contributed by atoms with van der Waals surface area (Å²) < 4.78 is 2.29. The number of rotatable bonds is 0. The van der Waals surface area contributed by atoms with Crippen molar-refractivity contribution in [2.75, 3.05) is 0 Å². The molecule has 0 saturated carbocycles. The summed E-state index contributed by atoms with van der Waals surface area (Å²) in [5.41, 5.74) is -0.237. The van der Waals surface area contributed by atoms with E-state index >= 15 is 0 Å². The van der Waals surface area contributed by atoms with Crippen LogP contribution in [-0.2, 0) is 14.1 Å². The Balaban J connectivity index is 2.76. The highest BCUT2D eigenvalue weighted by Gasteiger charge is 2.16. The molecule has 0 spiro atoms. The molecular formula is C13H9Cl2N3O2. The van der Waals surface area contributed by atoms with Crippen molar-refractivity contribution in [3.05, 3.63) is 49.1 Å². The molecule has 102 valence electrons. The number of hydrogen-bond donors (Lipinski definition) is 0. The molecule has 0 atom stereocenters. The highest BCUT2D eigenvalue weighted by molar-refractivity contribution is 6.42. The predicted octanol–water partition coefficient (Wildman–Crippen LogP) is 2.09. The number of aromatic nitrogens is 3. The smallest absolute Gasteiger partial charge is 0.280 e. The standard InChI is InChI=1S/C13H9Cl2N3O2/c1-17-11-8(12(19)18(2)13(17)20)9(15)6-4-3-5-7(14)10(6)16-11/h3-5H,1-2H3. The Morgan fingerprint density at radius 1 is 1.10 bits per heavy atom. The molecule has 1 aromatic carbocycles. The molecule has 0 saturated heterocycles. The van der Waals surface area contributed by atoms with Gasteiger partial charge in [0.1, 0.15) is 5.39 Å². The third-order valence-electron chi connectivity index (χ3n) is 3.29. The van der Waals surface area contributed by atoms with Crippen molar-refractivity contribution in [2.45, 2.75) is 0 Å². The lowest BCUT2D eigenvalue weighted by Gasteiger charge is -2.10. The zero-order chi connectivity index (χ0) is 14.6. The Labute approximate surface area is 123 Å². The number of aryl methyl sites for hydroxylation is 1. The number of para-hydroxylation sites is 1. The molecule has 0 bridgehead atoms. The van der Waals surface area contributed by atoms with Crippen molar-refractivity contribution >= 4 is 45.1 Å². The number of benzene rings is 1. The normalized spacial score (nSPS) is 11.4. The number of pyridine rings is 1. The summed E-state index contributed by atoms with van der Waals surface area (Å²) in [6, 6.07) is 5.15. The van der Waals surface area contributed by atoms with E-state index in [1.807, 2.05) is 0 Å². The van der Waals surface area contributed by atoms with Crippen molar-refractivity contribution < 1.29 is 0 Å². The Morgan fingerprint density at radius 2 is 1.80 bits per heavy atom. The zero-order valence-corrected chi connectivity index (χ0v) is 12.2. The summed E-state index contributed by atoms with van der Waals surface area (Å²) >= 11 is 12.4. The Morgan fingerprint density at radius 3 is 2.50 bits per heavy atom. The van der Waals surface area contributed by atoms with Crippen LogP contribution in [0.3, 0.4) is 0 Å². The van der Waals surface area contributed by atoms with Crippen molar-refractivity contribution in [3.8, 4) is 0 Å². The van der Waals surface area contributed by atoms with Crippen molar-refractivity contribution in [1.82, 2.24) is 14.1 Å². The summed E-state index contributed by atoms with van der Waals surface area (Å²) in [6.07, 6.45) is 0. The molecule has 0 aliphatic rings. The van der Waals surface area contributed by atoms with Gasteiger partial charge in [0.25, 0.3) is 5.56 Å². The maximum atomic E-state index is 12.2. The first kappa shape index (κ1) is 13.1. The van der Waals surface area contributed by atoms with Crippen LogP contribution in [0.25, 0.3) is 21.9 Å². The number of hydrogen-bond acceptors (Lipinski definition) is 3. The molecule has 0 N–H and O–H groups in total. The van der Waals surface area contributed by atoms with Gasteiger partial charge in [-0.1, -0.05) is 35.3 Å². The van der Waals surface area contributed by atoms with Crippen LogP contribution in [-0.4, -0.2) is 14.1 Å². The Kier molecular flexibility index (Phi) is 2.84. The molecule has 7 heteroatoms. The van der Waals surface area contributed by atoms with E-state index < -0.39 is 11.2 Å². The van der Waals surface area contributed by atoms with Gasteiger partial charge in [-0.05, 0) is 6.07 Å². The maximum Gasteiger partial charge on any atom is 0.332 e. The first-order valence-electron chi connectivity index (χ1n) is 5.77. The largest absolute Gasteiger partial charge is 0.332 e. The minimum Gasteiger partial charge on any atom is -0.280 e. The molecule has 20 heavy (non-hydrogen) atoms. The van der Waals surface area contributed by atoms with Crippen LogP contribution in [0.4, 0.5) is 0 Å². The number of nitrogens with zero attached hydrogens (tertiary/aromatic N) is 3. The summed E-state index contributed by atoms with van der Waals surface area (Å²) in [5.74, 6) is 0. The summed E-state index contributed by atoms with van der Waals surface area (Å²) in [4.78, 5) is 28.5. The Hall–Kier alpha value is -1.85. The first-order chi connectivity index (χ1) is 9.43. The van der Waals surface area contributed by atoms with Gasteiger partial charge in [0.2, 0.25) is 0 Å². The fourth-order valence-corrected chi connectivity index (χ4v) is 2.74. The number of halogens is 2. The summed E-state index contributed by atoms with van der Waals surface area (Å²) in [5, 5.41) is 1.47. The average Bonchev–Trinajstić information content (AvgIpc) is 2.43. The van der Waals surface area contributed by atoms with Gasteiger partial charge in [0, 0.05) is 19.5 Å². The molecular weight excluding hydrogens is 301 g/mol. The number of fused-ring (bicyclic) bond motifs is 2. The average molecular weight is 310 g/mol. The molecule has 0 unspecified atom stereocenters. The van der Waals surface area contributed by atoms with Crippen LogP contribution in [0, 0.1) is 0 Å². The van der Waals surface area contributed by atoms with Crippen LogP contribution in [0.15, 0.2) is 27.8 Å². The van der Waals surface area contributed by atoms with E-state index in [4.69, 9.17) is 23.2 Å². The van der Waals surface area contributed by atoms with E-state index in [9.17, 15) is 9.59 Å². The monoisotopic (exact) mass is 309 g/mol. The van der Waals surface area contributed by atoms with Crippen LogP contribution in [0.2, 0.25) is 10.0 Å². The van der Waals surface area contributed by atoms with E-state index in [0.717, 1.165) is 4.57 Å². The fraction of sp³-hybridized carbons (Fsp3) is 0.154. The second kappa shape index (κ2) is 4.33. The van der Waals surface area contributed by atoms with Crippen LogP contribution < -0.4 is 11.2 Å². The quantitative estimate of drug-likeness (QED) is 0.597. The zero-order valence-electron chi connectivity index (χ0n) is 10.6. The van der Waals surface area contributed by atoms with E-state index in [1.54, 1.807) is 18.2 Å². The van der Waals surface area contributed by atoms with Crippen molar-refractivity contribution in [3.63, 3.8) is 0 Å². The minimum absolute atomic E-state index is 0.214. The van der Waals surface area contributed by atoms with Crippen molar-refractivity contribution in [1.29, 1.82) is 0 Å². The summed E-state index contributed by atoms with van der Waals surface area (Å²) in [6.45, 7) is 0. The van der Waals surface area contributed by atoms with Gasteiger partial charge < -0.3 is 0 Å². The lowest BCUT2D eigenvalue weighted by molar-refractivity contribution is 0.708. The lowest BCUT2D eigenvalue weighted by atomic mass is 10.2. The highest BCUT2D eigenvalue weighted by atomic mass is 35.5. The molecule has 0 radical (unpaired) electrons. The van der Waals surface area contributed by atoms with Crippen molar-refractivity contribution in [2.24, 2.45) is 14.1 Å². The third-order valence-corrected chi connectivity index (χ3v) is 3.99. The van der Waals surface area contributed by atoms with E-state index in [2.05, 4.69) is 4.98 Å². The SMILES string of the molecule is Cn1c(=O)c2c(Cl)c3cccc(Cl)c3nc2n(C)c1=O. The fourth-order valence-electron chi connectivity index (χ4n) is 2.20. The van der Waals surface area contributed by atoms with Gasteiger partial charge in [-0.3, -0.25) is 13.9 Å². The van der Waals surface area contributed by atoms with E-state index in [0.29, 0.717) is 15.9 Å². The van der Waals surface area contributed by atoms with Crippen LogP contribution >= 0.6 is 23.2 Å². The second-order valence-electron chi connectivity index (χ2n) is 4.47. The van der Waals surface area contributed by atoms with Gasteiger partial charge in [-0.15, -0.1) is 0 Å². The van der Waals surface area contributed by atoms with Gasteiger partial charge in [-0.25, -0.2) is 9.78 Å². The predicted molar refractivity (Wildman–Crippen MR) is 79.8 cm³/mol. The molecule has 3 aromatic rings. The molecule has 5 nitrogen and oxygen atoms in total. The van der Waals surface area contributed by atoms with Gasteiger partial charge >= 0.3 is 5.69 Å². The molecule has 0 amide bonds. The molecule has 0 fully saturated rings. The molecule has 2 heterocycles. The van der Waals surface area contributed by atoms with Crippen LogP contribution in [0.1, 0.15) is 0 Å². The lowest BCUT2D eigenvalue weighted by Crippen LogP contribution is -2.37. The molecule has 0 aliphatic heterocycles. The summed E-state index contributed by atoms with van der Waals surface area (Å²) in [7, 11) is 2.94. The topological polar surface area (TPSA) is 56.9 Å². The highest BCUT2D eigenvalue weighted by Crippen LogP contribution is 2.31. The third kappa shape index (κ3) is 1.60. The van der Waals surface area contributed by atoms with Gasteiger partial charge in [0.05, 0.1) is 15.6 Å². The van der Waals surface area contributed by atoms with Gasteiger partial charge in [-0.2, -0.15) is 0 Å². The Bertz CT molecular complexity index is 989. The second-order valence-corrected chi connectivity index (χ2v) is 5.25. The van der Waals surface area contributed by atoms with E-state index in [1.165, 1.54) is 18.7 Å². The molecule has 0 aliphatic carbocycles. The first-order valence-corrected chi connectivity index (χ1v) is 6.52. The van der Waals surface area contributed by atoms with Crippen LogP contribution in [0.5, 0.6) is 0 Å². The molecule has 2 aromatic heterocycles.